The van der Waals surface area contributed by atoms with Crippen LogP contribution in [0.1, 0.15) is 26.3 Å². The third-order valence-corrected chi connectivity index (χ3v) is 4.48. The van der Waals surface area contributed by atoms with Crippen molar-refractivity contribution in [3.63, 3.8) is 0 Å². The van der Waals surface area contributed by atoms with E-state index in [1.807, 2.05) is 50.2 Å². The first-order valence-corrected chi connectivity index (χ1v) is 9.13. The van der Waals surface area contributed by atoms with Crippen LogP contribution in [0.2, 0.25) is 0 Å². The van der Waals surface area contributed by atoms with Gasteiger partial charge in [-0.05, 0) is 61.0 Å². The third kappa shape index (κ3) is 4.93. The Morgan fingerprint density at radius 1 is 0.828 bits per heavy atom. The molecule has 0 saturated heterocycles. The number of carbonyl (C=O) groups is 2. The van der Waals surface area contributed by atoms with E-state index >= 15 is 0 Å². The second-order valence-corrected chi connectivity index (χ2v) is 6.93. The highest BCUT2D eigenvalue weighted by Crippen LogP contribution is 2.23. The van der Waals surface area contributed by atoms with Crippen molar-refractivity contribution in [3.05, 3.63) is 83.4 Å². The van der Waals surface area contributed by atoms with Crippen LogP contribution in [-0.4, -0.2) is 31.0 Å². The summed E-state index contributed by atoms with van der Waals surface area (Å²) in [6.07, 6.45) is 0. The Hall–Kier alpha value is -3.80. The zero-order valence-corrected chi connectivity index (χ0v) is 16.6. The van der Waals surface area contributed by atoms with Crippen LogP contribution in [0.25, 0.3) is 0 Å². The molecular formula is C23H23N3O3. The standard InChI is InChI=1S/C23H23N3O3/c1-15-10-11-18(24-22(28)16-6-4-8-19(12-16)26(2)3)14-21(15)25-23(29)17-7-5-9-20(27)13-17/h4-14,27H,1-3H3,(H,24,28)(H,25,29). The molecule has 6 heteroatoms. The van der Waals surface area contributed by atoms with Crippen LogP contribution < -0.4 is 15.5 Å². The molecule has 0 fully saturated rings. The van der Waals surface area contributed by atoms with E-state index in [1.54, 1.807) is 30.3 Å². The molecule has 0 radical (unpaired) electrons. The Kier molecular flexibility index (Phi) is 5.83. The van der Waals surface area contributed by atoms with Gasteiger partial charge in [0.2, 0.25) is 0 Å². The smallest absolute Gasteiger partial charge is 0.255 e. The summed E-state index contributed by atoms with van der Waals surface area (Å²) in [5, 5.41) is 15.2. The van der Waals surface area contributed by atoms with Crippen molar-refractivity contribution in [3.8, 4) is 5.75 Å². The molecule has 0 atom stereocenters. The molecule has 29 heavy (non-hydrogen) atoms. The topological polar surface area (TPSA) is 81.7 Å². The quantitative estimate of drug-likeness (QED) is 0.609. The summed E-state index contributed by atoms with van der Waals surface area (Å²) in [7, 11) is 3.83. The minimum atomic E-state index is -0.342. The fraction of sp³-hybridized carbons (Fsp3) is 0.130. The van der Waals surface area contributed by atoms with Crippen molar-refractivity contribution in [1.29, 1.82) is 0 Å². The molecule has 0 aliphatic carbocycles. The highest BCUT2D eigenvalue weighted by Gasteiger charge is 2.11. The molecule has 3 aromatic carbocycles. The first-order chi connectivity index (χ1) is 13.8. The van der Waals surface area contributed by atoms with Gasteiger partial charge in [-0.25, -0.2) is 0 Å². The van der Waals surface area contributed by atoms with E-state index in [2.05, 4.69) is 10.6 Å². The van der Waals surface area contributed by atoms with Crippen LogP contribution in [-0.2, 0) is 0 Å². The van der Waals surface area contributed by atoms with Crippen LogP contribution in [0.3, 0.4) is 0 Å². The summed E-state index contributed by atoms with van der Waals surface area (Å²) in [5.74, 6) is -0.552. The minimum absolute atomic E-state index is 0.0235. The van der Waals surface area contributed by atoms with E-state index in [4.69, 9.17) is 0 Å². The van der Waals surface area contributed by atoms with Crippen LogP contribution in [0.5, 0.6) is 5.75 Å². The lowest BCUT2D eigenvalue weighted by Gasteiger charge is -2.14. The van der Waals surface area contributed by atoms with Crippen LogP contribution in [0, 0.1) is 6.92 Å². The number of anilines is 3. The number of benzene rings is 3. The molecule has 3 aromatic rings. The second kappa shape index (κ2) is 8.48. The van der Waals surface area contributed by atoms with Crippen molar-refractivity contribution >= 4 is 28.9 Å². The first kappa shape index (κ1) is 19.9. The normalized spacial score (nSPS) is 10.3. The van der Waals surface area contributed by atoms with E-state index in [0.717, 1.165) is 11.3 Å². The maximum absolute atomic E-state index is 12.6. The summed E-state index contributed by atoms with van der Waals surface area (Å²) in [6, 6.07) is 18.8. The second-order valence-electron chi connectivity index (χ2n) is 6.93. The zero-order chi connectivity index (χ0) is 21.0. The molecule has 0 aliphatic rings. The number of carbonyl (C=O) groups excluding carboxylic acids is 2. The van der Waals surface area contributed by atoms with Gasteiger partial charge in [-0.2, -0.15) is 0 Å². The van der Waals surface area contributed by atoms with Gasteiger partial charge < -0.3 is 20.6 Å². The van der Waals surface area contributed by atoms with Gasteiger partial charge >= 0.3 is 0 Å². The number of phenols is 1. The average Bonchev–Trinajstić information content (AvgIpc) is 2.70. The summed E-state index contributed by atoms with van der Waals surface area (Å²) in [4.78, 5) is 27.0. The number of phenolic OH excluding ortho intramolecular Hbond substituents is 1. The Bertz CT molecular complexity index is 1060. The average molecular weight is 389 g/mol. The van der Waals surface area contributed by atoms with Crippen LogP contribution in [0.4, 0.5) is 17.1 Å². The highest BCUT2D eigenvalue weighted by molar-refractivity contribution is 6.07. The predicted molar refractivity (Wildman–Crippen MR) is 116 cm³/mol. The van der Waals surface area contributed by atoms with Crippen molar-refractivity contribution in [1.82, 2.24) is 0 Å². The lowest BCUT2D eigenvalue weighted by Crippen LogP contribution is -2.15. The van der Waals surface area contributed by atoms with E-state index in [0.29, 0.717) is 22.5 Å². The molecule has 0 saturated carbocycles. The zero-order valence-electron chi connectivity index (χ0n) is 16.6. The number of nitrogens with zero attached hydrogens (tertiary/aromatic N) is 1. The lowest BCUT2D eigenvalue weighted by atomic mass is 10.1. The molecule has 148 valence electrons. The molecule has 3 N–H and O–H groups in total. The summed E-state index contributed by atoms with van der Waals surface area (Å²) in [5.41, 5.74) is 3.83. The van der Waals surface area contributed by atoms with E-state index in [9.17, 15) is 14.7 Å². The predicted octanol–water partition coefficient (Wildman–Crippen LogP) is 4.27. The number of hydrogen-bond donors (Lipinski definition) is 3. The van der Waals surface area contributed by atoms with Gasteiger partial charge in [0.15, 0.2) is 0 Å². The number of aryl methyl sites for hydroxylation is 1. The monoisotopic (exact) mass is 389 g/mol. The van der Waals surface area contributed by atoms with E-state index < -0.39 is 0 Å². The Morgan fingerprint density at radius 2 is 1.48 bits per heavy atom. The Labute approximate surface area is 169 Å². The fourth-order valence-electron chi connectivity index (χ4n) is 2.80. The van der Waals surface area contributed by atoms with E-state index in [1.165, 1.54) is 12.1 Å². The van der Waals surface area contributed by atoms with Crippen LogP contribution >= 0.6 is 0 Å². The van der Waals surface area contributed by atoms with Gasteiger partial charge in [-0.3, -0.25) is 9.59 Å². The van der Waals surface area contributed by atoms with Gasteiger partial charge in [-0.15, -0.1) is 0 Å². The van der Waals surface area contributed by atoms with Crippen LogP contribution in [0.15, 0.2) is 66.7 Å². The van der Waals surface area contributed by atoms with Crippen molar-refractivity contribution in [2.45, 2.75) is 6.92 Å². The number of aromatic hydroxyl groups is 1. The maximum atomic E-state index is 12.6. The molecule has 0 unspecified atom stereocenters. The third-order valence-electron chi connectivity index (χ3n) is 4.48. The van der Waals surface area contributed by atoms with Crippen molar-refractivity contribution < 1.29 is 14.7 Å². The number of amides is 2. The molecule has 3 rings (SSSR count). The SMILES string of the molecule is Cc1ccc(NC(=O)c2cccc(N(C)C)c2)cc1NC(=O)c1cccc(O)c1. The van der Waals surface area contributed by atoms with Crippen molar-refractivity contribution in [2.24, 2.45) is 0 Å². The van der Waals surface area contributed by atoms with Gasteiger partial charge in [0.25, 0.3) is 11.8 Å². The minimum Gasteiger partial charge on any atom is -0.508 e. The molecular weight excluding hydrogens is 366 g/mol. The Morgan fingerprint density at radius 3 is 2.17 bits per heavy atom. The number of nitrogens with one attached hydrogen (secondary N) is 2. The highest BCUT2D eigenvalue weighted by atomic mass is 16.3. The summed E-state index contributed by atoms with van der Waals surface area (Å²) < 4.78 is 0. The largest absolute Gasteiger partial charge is 0.508 e. The number of hydrogen-bond acceptors (Lipinski definition) is 4. The molecule has 0 aliphatic heterocycles. The van der Waals surface area contributed by atoms with Gasteiger partial charge in [0, 0.05) is 42.3 Å². The summed E-state index contributed by atoms with van der Waals surface area (Å²) in [6.45, 7) is 1.87. The molecule has 0 spiro atoms. The molecule has 0 heterocycles. The van der Waals surface area contributed by atoms with Crippen molar-refractivity contribution in [2.75, 3.05) is 29.6 Å². The fourth-order valence-corrected chi connectivity index (χ4v) is 2.80. The maximum Gasteiger partial charge on any atom is 0.255 e. The first-order valence-electron chi connectivity index (χ1n) is 9.13. The van der Waals surface area contributed by atoms with Gasteiger partial charge in [-0.1, -0.05) is 18.2 Å². The lowest BCUT2D eigenvalue weighted by molar-refractivity contribution is 0.101. The molecule has 0 aromatic heterocycles. The summed E-state index contributed by atoms with van der Waals surface area (Å²) >= 11 is 0. The molecule has 6 nitrogen and oxygen atoms in total. The molecule has 2 amide bonds. The van der Waals surface area contributed by atoms with E-state index in [-0.39, 0.29) is 17.6 Å². The van der Waals surface area contributed by atoms with Gasteiger partial charge in [0.1, 0.15) is 5.75 Å². The van der Waals surface area contributed by atoms with Gasteiger partial charge in [0.05, 0.1) is 0 Å². The number of rotatable bonds is 5. The Balaban J connectivity index is 1.77. The molecule has 0 bridgehead atoms.